The molecule has 0 bridgehead atoms. The van der Waals surface area contributed by atoms with Gasteiger partial charge in [-0.05, 0) is 25.0 Å². The van der Waals surface area contributed by atoms with Crippen molar-refractivity contribution in [1.29, 1.82) is 0 Å². The van der Waals surface area contributed by atoms with Crippen LogP contribution in [-0.4, -0.2) is 11.9 Å². The van der Waals surface area contributed by atoms with Crippen LogP contribution in [0.3, 0.4) is 0 Å². The highest BCUT2D eigenvalue weighted by atomic mass is 16.3. The maximum absolute atomic E-state index is 12.0. The Bertz CT molecular complexity index is 652. The molecule has 0 aliphatic carbocycles. The zero-order chi connectivity index (χ0) is 16.7. The highest BCUT2D eigenvalue weighted by molar-refractivity contribution is 5.96. The number of hydrazine groups is 1. The lowest BCUT2D eigenvalue weighted by atomic mass is 10.0. The van der Waals surface area contributed by atoms with Crippen molar-refractivity contribution in [2.24, 2.45) is 0 Å². The van der Waals surface area contributed by atoms with Crippen molar-refractivity contribution in [3.8, 4) is 0 Å². The Hall–Kier alpha value is -2.76. The molecule has 0 fully saturated rings. The molecule has 1 aromatic heterocycles. The smallest absolute Gasteiger partial charge is 0.333 e. The first-order valence-corrected chi connectivity index (χ1v) is 7.57. The van der Waals surface area contributed by atoms with E-state index in [1.54, 1.807) is 13.0 Å². The van der Waals surface area contributed by atoms with Gasteiger partial charge in [0.25, 0.3) is 5.91 Å². The van der Waals surface area contributed by atoms with Gasteiger partial charge in [-0.25, -0.2) is 10.2 Å². The number of rotatable bonds is 5. The first-order chi connectivity index (χ1) is 11.1. The van der Waals surface area contributed by atoms with Crippen LogP contribution in [-0.2, 0) is 0 Å². The number of hydrogen-bond acceptors (Lipinski definition) is 3. The summed E-state index contributed by atoms with van der Waals surface area (Å²) in [5, 5.41) is 2.86. The third-order valence-electron chi connectivity index (χ3n) is 3.48. The molecule has 122 valence electrons. The molecule has 6 nitrogen and oxygen atoms in total. The molecule has 0 aliphatic rings. The monoisotopic (exact) mass is 315 g/mol. The van der Waals surface area contributed by atoms with E-state index in [0.717, 1.165) is 18.4 Å². The molecule has 0 spiro atoms. The molecular weight excluding hydrogens is 294 g/mol. The maximum Gasteiger partial charge on any atom is 0.333 e. The van der Waals surface area contributed by atoms with Gasteiger partial charge in [-0.2, -0.15) is 0 Å². The average molecular weight is 315 g/mol. The number of nitrogens with one attached hydrogen (secondary N) is 3. The number of amides is 3. The van der Waals surface area contributed by atoms with Crippen LogP contribution in [0, 0.1) is 6.92 Å². The van der Waals surface area contributed by atoms with Gasteiger partial charge in [0.2, 0.25) is 0 Å². The molecule has 2 rings (SSSR count). The minimum atomic E-state index is -0.457. The van der Waals surface area contributed by atoms with Crippen LogP contribution >= 0.6 is 0 Å². The molecule has 0 radical (unpaired) electrons. The standard InChI is InChI=1S/C17H21N3O3/c1-3-7-15(13-8-5-4-6-9-13)18-17(22)20-19-16(21)14-10-11-23-12(14)2/h4-6,8-11,15H,3,7H2,1-2H3,(H,19,21)(H2,18,20,22). The van der Waals surface area contributed by atoms with Crippen LogP contribution in [0.4, 0.5) is 4.79 Å². The number of hydrogen-bond donors (Lipinski definition) is 3. The van der Waals surface area contributed by atoms with Crippen molar-refractivity contribution in [2.45, 2.75) is 32.7 Å². The van der Waals surface area contributed by atoms with Crippen molar-refractivity contribution in [3.05, 3.63) is 59.5 Å². The first-order valence-electron chi connectivity index (χ1n) is 7.57. The van der Waals surface area contributed by atoms with Gasteiger partial charge in [-0.3, -0.25) is 10.2 Å². The summed E-state index contributed by atoms with van der Waals surface area (Å²) in [6.45, 7) is 3.74. The number of aryl methyl sites for hydroxylation is 1. The van der Waals surface area contributed by atoms with Crippen molar-refractivity contribution in [3.63, 3.8) is 0 Å². The molecule has 0 saturated heterocycles. The van der Waals surface area contributed by atoms with E-state index < -0.39 is 11.9 Å². The summed E-state index contributed by atoms with van der Waals surface area (Å²) in [6, 6.07) is 10.7. The summed E-state index contributed by atoms with van der Waals surface area (Å²) in [6.07, 6.45) is 3.17. The molecule has 2 aromatic rings. The fourth-order valence-corrected chi connectivity index (χ4v) is 2.29. The van der Waals surface area contributed by atoms with Gasteiger partial charge in [0.1, 0.15) is 5.76 Å². The summed E-state index contributed by atoms with van der Waals surface area (Å²) >= 11 is 0. The van der Waals surface area contributed by atoms with Gasteiger partial charge < -0.3 is 9.73 Å². The highest BCUT2D eigenvalue weighted by Crippen LogP contribution is 2.17. The van der Waals surface area contributed by atoms with Crippen LogP contribution in [0.1, 0.15) is 47.5 Å². The SMILES string of the molecule is CCCC(NC(=O)NNC(=O)c1ccoc1C)c1ccccc1. The van der Waals surface area contributed by atoms with E-state index in [2.05, 4.69) is 23.1 Å². The molecule has 23 heavy (non-hydrogen) atoms. The van der Waals surface area contributed by atoms with Crippen molar-refractivity contribution < 1.29 is 14.0 Å². The van der Waals surface area contributed by atoms with E-state index in [1.165, 1.54) is 6.26 Å². The summed E-state index contributed by atoms with van der Waals surface area (Å²) < 4.78 is 5.06. The van der Waals surface area contributed by atoms with Crippen LogP contribution in [0.5, 0.6) is 0 Å². The fraction of sp³-hybridized carbons (Fsp3) is 0.294. The second-order valence-corrected chi connectivity index (χ2v) is 5.19. The highest BCUT2D eigenvalue weighted by Gasteiger charge is 2.15. The predicted octanol–water partition coefficient (Wildman–Crippen LogP) is 3.07. The molecular formula is C17H21N3O3. The fourth-order valence-electron chi connectivity index (χ4n) is 2.29. The van der Waals surface area contributed by atoms with E-state index in [4.69, 9.17) is 4.42 Å². The Morgan fingerprint density at radius 3 is 2.48 bits per heavy atom. The predicted molar refractivity (Wildman–Crippen MR) is 86.7 cm³/mol. The van der Waals surface area contributed by atoms with Crippen LogP contribution < -0.4 is 16.2 Å². The summed E-state index contributed by atoms with van der Waals surface area (Å²) in [4.78, 5) is 23.9. The molecule has 1 aromatic carbocycles. The van der Waals surface area contributed by atoms with Crippen LogP contribution in [0.2, 0.25) is 0 Å². The third kappa shape index (κ3) is 4.60. The number of benzene rings is 1. The van der Waals surface area contributed by atoms with Gasteiger partial charge in [0.15, 0.2) is 0 Å². The van der Waals surface area contributed by atoms with E-state index in [1.807, 2.05) is 30.3 Å². The van der Waals surface area contributed by atoms with E-state index in [9.17, 15) is 9.59 Å². The normalized spacial score (nSPS) is 11.6. The average Bonchev–Trinajstić information content (AvgIpc) is 2.99. The Kier molecular flexibility index (Phi) is 5.80. The van der Waals surface area contributed by atoms with E-state index in [-0.39, 0.29) is 6.04 Å². The Morgan fingerprint density at radius 1 is 1.13 bits per heavy atom. The van der Waals surface area contributed by atoms with Crippen molar-refractivity contribution in [1.82, 2.24) is 16.2 Å². The van der Waals surface area contributed by atoms with Crippen LogP contribution in [0.15, 0.2) is 47.1 Å². The molecule has 0 saturated carbocycles. The van der Waals surface area contributed by atoms with Gasteiger partial charge in [0.05, 0.1) is 17.9 Å². The molecule has 1 heterocycles. The molecule has 3 amide bonds. The molecule has 1 atom stereocenters. The van der Waals surface area contributed by atoms with Gasteiger partial charge in [0, 0.05) is 0 Å². The lowest BCUT2D eigenvalue weighted by molar-refractivity contribution is 0.0934. The lowest BCUT2D eigenvalue weighted by Crippen LogP contribution is -2.47. The first kappa shape index (κ1) is 16.6. The zero-order valence-corrected chi connectivity index (χ0v) is 13.3. The summed E-state index contributed by atoms with van der Waals surface area (Å²) in [7, 11) is 0. The Morgan fingerprint density at radius 2 is 1.87 bits per heavy atom. The number of furan rings is 1. The second-order valence-electron chi connectivity index (χ2n) is 5.19. The van der Waals surface area contributed by atoms with Crippen LogP contribution in [0.25, 0.3) is 0 Å². The minimum Gasteiger partial charge on any atom is -0.469 e. The Balaban J connectivity index is 1.90. The number of carbonyl (C=O) groups is 2. The molecule has 1 unspecified atom stereocenters. The zero-order valence-electron chi connectivity index (χ0n) is 13.3. The van der Waals surface area contributed by atoms with Crippen molar-refractivity contribution in [2.75, 3.05) is 0 Å². The largest absolute Gasteiger partial charge is 0.469 e. The number of urea groups is 1. The van der Waals surface area contributed by atoms with Gasteiger partial charge in [-0.1, -0.05) is 43.7 Å². The summed E-state index contributed by atoms with van der Waals surface area (Å²) in [5.74, 6) is 0.0796. The van der Waals surface area contributed by atoms with E-state index in [0.29, 0.717) is 11.3 Å². The Labute approximate surface area is 135 Å². The minimum absolute atomic E-state index is 0.103. The quantitative estimate of drug-likeness (QED) is 0.741. The van der Waals surface area contributed by atoms with E-state index >= 15 is 0 Å². The number of carbonyl (C=O) groups excluding carboxylic acids is 2. The molecule has 0 aliphatic heterocycles. The van der Waals surface area contributed by atoms with Gasteiger partial charge >= 0.3 is 6.03 Å². The molecule has 3 N–H and O–H groups in total. The second kappa shape index (κ2) is 8.03. The lowest BCUT2D eigenvalue weighted by Gasteiger charge is -2.19. The topological polar surface area (TPSA) is 83.4 Å². The maximum atomic E-state index is 12.0. The van der Waals surface area contributed by atoms with Crippen molar-refractivity contribution >= 4 is 11.9 Å². The summed E-state index contributed by atoms with van der Waals surface area (Å²) in [5.41, 5.74) is 6.15. The van der Waals surface area contributed by atoms with Gasteiger partial charge in [-0.15, -0.1) is 0 Å². The molecule has 6 heteroatoms. The third-order valence-corrected chi connectivity index (χ3v) is 3.48.